The van der Waals surface area contributed by atoms with Gasteiger partial charge in [-0.25, -0.2) is 0 Å². The Bertz CT molecular complexity index is 740. The first kappa shape index (κ1) is 21.4. The van der Waals surface area contributed by atoms with E-state index in [1.165, 1.54) is 0 Å². The maximum atomic E-state index is 12.7. The van der Waals surface area contributed by atoms with Crippen molar-refractivity contribution >= 4 is 29.9 Å². The van der Waals surface area contributed by atoms with Crippen LogP contribution in [0.15, 0.2) is 48.5 Å². The molecule has 0 radical (unpaired) electrons. The zero-order chi connectivity index (χ0) is 18.4. The third-order valence-electron chi connectivity index (χ3n) is 4.44. The second-order valence-corrected chi connectivity index (χ2v) is 6.57. The van der Waals surface area contributed by atoms with Crippen molar-refractivity contribution in [1.29, 1.82) is 0 Å². The molecular formula is C20H24Cl2N2O3. The molecule has 27 heavy (non-hydrogen) atoms. The lowest BCUT2D eigenvalue weighted by atomic mass is 10.0. The minimum atomic E-state index is -0.00376. The predicted octanol–water partition coefficient (Wildman–Crippen LogP) is 3.71. The number of methoxy groups -OCH3 is 1. The second kappa shape index (κ2) is 10.4. The quantitative estimate of drug-likeness (QED) is 0.788. The largest absolute Gasteiger partial charge is 0.497 e. The molecule has 2 aromatic carbocycles. The summed E-state index contributed by atoms with van der Waals surface area (Å²) in [6.45, 7) is 2.55. The van der Waals surface area contributed by atoms with E-state index in [4.69, 9.17) is 21.1 Å². The van der Waals surface area contributed by atoms with Crippen LogP contribution in [-0.2, 0) is 4.79 Å². The van der Waals surface area contributed by atoms with Crippen LogP contribution in [0.1, 0.15) is 18.0 Å². The molecule has 0 aliphatic carbocycles. The monoisotopic (exact) mass is 410 g/mol. The van der Waals surface area contributed by atoms with Crippen molar-refractivity contribution in [3.63, 3.8) is 0 Å². The van der Waals surface area contributed by atoms with Gasteiger partial charge in [0, 0.05) is 24.7 Å². The van der Waals surface area contributed by atoms with Crippen molar-refractivity contribution in [3.8, 4) is 11.5 Å². The van der Waals surface area contributed by atoms with Crippen LogP contribution in [-0.4, -0.2) is 44.2 Å². The van der Waals surface area contributed by atoms with E-state index in [0.29, 0.717) is 24.6 Å². The highest BCUT2D eigenvalue weighted by Crippen LogP contribution is 2.25. The van der Waals surface area contributed by atoms with Crippen LogP contribution in [0.5, 0.6) is 11.5 Å². The summed E-state index contributed by atoms with van der Waals surface area (Å²) in [4.78, 5) is 14.6. The molecule has 1 heterocycles. The maximum Gasteiger partial charge on any atom is 0.226 e. The fraction of sp³-hybridized carbons (Fsp3) is 0.350. The zero-order valence-electron chi connectivity index (χ0n) is 15.2. The van der Waals surface area contributed by atoms with Gasteiger partial charge < -0.3 is 19.7 Å². The first-order valence-corrected chi connectivity index (χ1v) is 9.07. The molecule has 0 saturated carbocycles. The van der Waals surface area contributed by atoms with E-state index in [2.05, 4.69) is 5.32 Å². The van der Waals surface area contributed by atoms with Gasteiger partial charge in [0.1, 0.15) is 11.5 Å². The highest BCUT2D eigenvalue weighted by molar-refractivity contribution is 6.30. The number of hydrogen-bond donors (Lipinski definition) is 1. The van der Waals surface area contributed by atoms with Gasteiger partial charge in [-0.1, -0.05) is 23.7 Å². The number of amides is 1. The minimum absolute atomic E-state index is 0. The number of carbonyl (C=O) groups excluding carboxylic acids is 1. The number of hydrogen-bond acceptors (Lipinski definition) is 4. The van der Waals surface area contributed by atoms with Gasteiger partial charge in [0.05, 0.1) is 26.2 Å². The number of benzene rings is 2. The van der Waals surface area contributed by atoms with Crippen molar-refractivity contribution < 1.29 is 14.3 Å². The van der Waals surface area contributed by atoms with E-state index >= 15 is 0 Å². The summed E-state index contributed by atoms with van der Waals surface area (Å²) in [7, 11) is 1.62. The summed E-state index contributed by atoms with van der Waals surface area (Å²) >= 11 is 6.11. The highest BCUT2D eigenvalue weighted by atomic mass is 35.5. The van der Waals surface area contributed by atoms with Gasteiger partial charge in [0.2, 0.25) is 5.91 Å². The molecule has 3 rings (SSSR count). The van der Waals surface area contributed by atoms with Crippen LogP contribution in [0.4, 0.5) is 0 Å². The molecule has 1 aliphatic rings. The van der Waals surface area contributed by atoms with E-state index < -0.39 is 0 Å². The van der Waals surface area contributed by atoms with Crippen molar-refractivity contribution in [2.45, 2.75) is 12.5 Å². The van der Waals surface area contributed by atoms with Gasteiger partial charge in [-0.3, -0.25) is 4.79 Å². The average Bonchev–Trinajstić information content (AvgIpc) is 2.68. The SMILES string of the molecule is COc1ccc(OCCC(=O)N2CCNCC2c2cccc(Cl)c2)cc1.Cl. The molecule has 1 unspecified atom stereocenters. The minimum Gasteiger partial charge on any atom is -0.497 e. The van der Waals surface area contributed by atoms with Crippen molar-refractivity contribution in [1.82, 2.24) is 10.2 Å². The Morgan fingerprint density at radius 2 is 1.96 bits per heavy atom. The van der Waals surface area contributed by atoms with Crippen LogP contribution in [0.2, 0.25) is 5.02 Å². The Kier molecular flexibility index (Phi) is 8.23. The van der Waals surface area contributed by atoms with Gasteiger partial charge >= 0.3 is 0 Å². The molecule has 0 bridgehead atoms. The average molecular weight is 411 g/mol. The zero-order valence-corrected chi connectivity index (χ0v) is 16.8. The Morgan fingerprint density at radius 1 is 1.22 bits per heavy atom. The van der Waals surface area contributed by atoms with Crippen molar-refractivity contribution in [2.75, 3.05) is 33.4 Å². The Morgan fingerprint density at radius 3 is 2.67 bits per heavy atom. The highest BCUT2D eigenvalue weighted by Gasteiger charge is 2.27. The lowest BCUT2D eigenvalue weighted by Gasteiger charge is -2.36. The molecule has 1 amide bonds. The summed E-state index contributed by atoms with van der Waals surface area (Å²) < 4.78 is 10.8. The van der Waals surface area contributed by atoms with Crippen LogP contribution >= 0.6 is 24.0 Å². The van der Waals surface area contributed by atoms with Gasteiger partial charge in [-0.05, 0) is 42.0 Å². The molecule has 0 aromatic heterocycles. The van der Waals surface area contributed by atoms with Gasteiger partial charge in [0.15, 0.2) is 0 Å². The number of halogens is 2. The molecule has 1 N–H and O–H groups in total. The number of carbonyl (C=O) groups is 1. The number of piperazine rings is 1. The summed E-state index contributed by atoms with van der Waals surface area (Å²) in [6.07, 6.45) is 0.336. The van der Waals surface area contributed by atoms with E-state index in [1.807, 2.05) is 53.4 Å². The topological polar surface area (TPSA) is 50.8 Å². The first-order valence-electron chi connectivity index (χ1n) is 8.70. The summed E-state index contributed by atoms with van der Waals surface area (Å²) in [6, 6.07) is 15.0. The lowest BCUT2D eigenvalue weighted by molar-refractivity contribution is -0.135. The predicted molar refractivity (Wildman–Crippen MR) is 109 cm³/mol. The maximum absolute atomic E-state index is 12.7. The van der Waals surface area contributed by atoms with Crippen LogP contribution in [0, 0.1) is 0 Å². The third kappa shape index (κ3) is 5.76. The third-order valence-corrected chi connectivity index (χ3v) is 4.68. The summed E-state index contributed by atoms with van der Waals surface area (Å²) in [5.41, 5.74) is 1.05. The molecule has 7 heteroatoms. The lowest BCUT2D eigenvalue weighted by Crippen LogP contribution is -2.48. The van der Waals surface area contributed by atoms with Crippen LogP contribution in [0.3, 0.4) is 0 Å². The number of rotatable bonds is 6. The Labute approximate surface area is 171 Å². The van der Waals surface area contributed by atoms with E-state index in [-0.39, 0.29) is 24.4 Å². The van der Waals surface area contributed by atoms with Crippen LogP contribution < -0.4 is 14.8 Å². The normalized spacial score (nSPS) is 16.4. The molecule has 1 aliphatic heterocycles. The van der Waals surface area contributed by atoms with E-state index in [0.717, 1.165) is 30.2 Å². The first-order chi connectivity index (χ1) is 12.7. The van der Waals surface area contributed by atoms with Crippen molar-refractivity contribution in [3.05, 3.63) is 59.1 Å². The molecule has 1 fully saturated rings. The van der Waals surface area contributed by atoms with Gasteiger partial charge in [-0.2, -0.15) is 0 Å². The fourth-order valence-electron chi connectivity index (χ4n) is 3.09. The number of nitrogens with one attached hydrogen (secondary N) is 1. The summed E-state index contributed by atoms with van der Waals surface area (Å²) in [5, 5.41) is 4.03. The molecular weight excluding hydrogens is 387 g/mol. The number of nitrogens with zero attached hydrogens (tertiary/aromatic N) is 1. The standard InChI is InChI=1S/C20H23ClN2O3.ClH/c1-25-17-5-7-18(8-6-17)26-12-9-20(24)23-11-10-22-14-19(23)15-3-2-4-16(21)13-15;/h2-8,13,19,22H,9-12,14H2,1H3;1H. The van der Waals surface area contributed by atoms with E-state index in [1.54, 1.807) is 7.11 Å². The van der Waals surface area contributed by atoms with Gasteiger partial charge in [0.25, 0.3) is 0 Å². The molecule has 146 valence electrons. The fourth-order valence-corrected chi connectivity index (χ4v) is 3.28. The molecule has 5 nitrogen and oxygen atoms in total. The molecule has 1 atom stereocenters. The van der Waals surface area contributed by atoms with Gasteiger partial charge in [-0.15, -0.1) is 12.4 Å². The van der Waals surface area contributed by atoms with E-state index in [9.17, 15) is 4.79 Å². The molecule has 1 saturated heterocycles. The summed E-state index contributed by atoms with van der Waals surface area (Å²) in [5.74, 6) is 1.59. The van der Waals surface area contributed by atoms with Crippen molar-refractivity contribution in [2.24, 2.45) is 0 Å². The second-order valence-electron chi connectivity index (χ2n) is 6.14. The molecule has 2 aromatic rings. The smallest absolute Gasteiger partial charge is 0.226 e. The van der Waals surface area contributed by atoms with Crippen LogP contribution in [0.25, 0.3) is 0 Å². The number of ether oxygens (including phenoxy) is 2. The Balaban J connectivity index is 0.00000261. The molecule has 0 spiro atoms. The Hall–Kier alpha value is -1.95.